The zero-order valence-electron chi connectivity index (χ0n) is 13.3. The fraction of sp³-hybridized carbons (Fsp3) is 0.588. The quantitative estimate of drug-likeness (QED) is 0.783. The predicted octanol–water partition coefficient (Wildman–Crippen LogP) is 2.26. The molecule has 1 aliphatic heterocycles. The van der Waals surface area contributed by atoms with Gasteiger partial charge in [-0.3, -0.25) is 0 Å². The molecule has 1 N–H and O–H groups in total. The fourth-order valence-electron chi connectivity index (χ4n) is 2.72. The van der Waals surface area contributed by atoms with Crippen LogP contribution < -0.4 is 10.1 Å². The summed E-state index contributed by atoms with van der Waals surface area (Å²) in [5.74, 6) is 1.01. The van der Waals surface area contributed by atoms with Crippen LogP contribution >= 0.6 is 0 Å². The van der Waals surface area contributed by atoms with Gasteiger partial charge in [0.1, 0.15) is 5.75 Å². The molecule has 1 aromatic carbocycles. The second-order valence-corrected chi connectivity index (χ2v) is 5.41. The van der Waals surface area contributed by atoms with Gasteiger partial charge < -0.3 is 19.5 Å². The van der Waals surface area contributed by atoms with Crippen LogP contribution in [-0.2, 0) is 9.47 Å². The number of ether oxygens (including phenoxy) is 3. The highest BCUT2D eigenvalue weighted by atomic mass is 16.5. The van der Waals surface area contributed by atoms with E-state index in [1.54, 1.807) is 26.2 Å². The molecule has 0 saturated carbocycles. The highest BCUT2D eigenvalue weighted by Gasteiger charge is 2.24. The molecular weight excluding hydrogens is 282 g/mol. The third-order valence-electron chi connectivity index (χ3n) is 3.99. The van der Waals surface area contributed by atoms with Gasteiger partial charge in [-0.05, 0) is 56.5 Å². The van der Waals surface area contributed by atoms with E-state index in [1.165, 1.54) is 0 Å². The number of hydrogen-bond acceptors (Lipinski definition) is 5. The molecule has 5 nitrogen and oxygen atoms in total. The Balaban J connectivity index is 1.78. The van der Waals surface area contributed by atoms with Gasteiger partial charge in [0.05, 0.1) is 24.9 Å². The minimum atomic E-state index is -0.299. The summed E-state index contributed by atoms with van der Waals surface area (Å²) < 4.78 is 16.2. The maximum absolute atomic E-state index is 11.6. The van der Waals surface area contributed by atoms with Crippen molar-refractivity contribution in [1.29, 1.82) is 0 Å². The third-order valence-corrected chi connectivity index (χ3v) is 3.99. The molecule has 2 rings (SSSR count). The first kappa shape index (κ1) is 16.8. The first-order valence-electron chi connectivity index (χ1n) is 7.88. The first-order chi connectivity index (χ1) is 10.7. The largest absolute Gasteiger partial charge is 0.494 e. The summed E-state index contributed by atoms with van der Waals surface area (Å²) in [5, 5.41) is 3.34. The van der Waals surface area contributed by atoms with E-state index in [1.807, 2.05) is 12.1 Å². The summed E-state index contributed by atoms with van der Waals surface area (Å²) in [6.45, 7) is 4.79. The molecule has 2 atom stereocenters. The van der Waals surface area contributed by atoms with Crippen LogP contribution in [0.1, 0.15) is 30.1 Å². The average molecular weight is 307 g/mol. The van der Waals surface area contributed by atoms with Crippen molar-refractivity contribution in [1.82, 2.24) is 5.32 Å². The SMILES string of the molecule is CCOC(=O)c1ccc(OCCC2CCNCC2OC)cc1. The van der Waals surface area contributed by atoms with E-state index in [9.17, 15) is 4.79 Å². The number of methoxy groups -OCH3 is 1. The molecule has 0 bridgehead atoms. The third kappa shape index (κ3) is 4.71. The predicted molar refractivity (Wildman–Crippen MR) is 84.3 cm³/mol. The maximum Gasteiger partial charge on any atom is 0.338 e. The number of carbonyl (C=O) groups is 1. The van der Waals surface area contributed by atoms with Gasteiger partial charge in [0.15, 0.2) is 0 Å². The Bertz CT molecular complexity index is 460. The molecule has 5 heteroatoms. The lowest BCUT2D eigenvalue weighted by Crippen LogP contribution is -2.42. The van der Waals surface area contributed by atoms with Gasteiger partial charge in [-0.2, -0.15) is 0 Å². The summed E-state index contributed by atoms with van der Waals surface area (Å²) in [6, 6.07) is 7.08. The molecule has 0 spiro atoms. The Hall–Kier alpha value is -1.59. The number of rotatable bonds is 7. The normalized spacial score (nSPS) is 21.4. The van der Waals surface area contributed by atoms with Gasteiger partial charge in [0, 0.05) is 13.7 Å². The van der Waals surface area contributed by atoms with Crippen molar-refractivity contribution in [3.05, 3.63) is 29.8 Å². The molecule has 1 aliphatic rings. The highest BCUT2D eigenvalue weighted by Crippen LogP contribution is 2.20. The van der Waals surface area contributed by atoms with Crippen LogP contribution in [-0.4, -0.2) is 45.5 Å². The summed E-state index contributed by atoms with van der Waals surface area (Å²) >= 11 is 0. The second kappa shape index (κ2) is 8.76. The number of benzene rings is 1. The minimum Gasteiger partial charge on any atom is -0.494 e. The van der Waals surface area contributed by atoms with Gasteiger partial charge >= 0.3 is 5.97 Å². The van der Waals surface area contributed by atoms with Gasteiger partial charge in [0.25, 0.3) is 0 Å². The molecule has 22 heavy (non-hydrogen) atoms. The van der Waals surface area contributed by atoms with E-state index in [-0.39, 0.29) is 12.1 Å². The zero-order chi connectivity index (χ0) is 15.8. The molecule has 0 amide bonds. The maximum atomic E-state index is 11.6. The lowest BCUT2D eigenvalue weighted by atomic mass is 9.92. The fourth-order valence-corrected chi connectivity index (χ4v) is 2.72. The van der Waals surface area contributed by atoms with Gasteiger partial charge in [-0.25, -0.2) is 4.79 Å². The molecule has 0 radical (unpaired) electrons. The Labute approximate surface area is 131 Å². The summed E-state index contributed by atoms with van der Waals surface area (Å²) in [6.07, 6.45) is 2.35. The van der Waals surface area contributed by atoms with Crippen molar-refractivity contribution >= 4 is 5.97 Å². The molecule has 2 unspecified atom stereocenters. The van der Waals surface area contributed by atoms with Gasteiger partial charge in [0.2, 0.25) is 0 Å². The van der Waals surface area contributed by atoms with E-state index < -0.39 is 0 Å². The monoisotopic (exact) mass is 307 g/mol. The lowest BCUT2D eigenvalue weighted by molar-refractivity contribution is 0.0253. The van der Waals surface area contributed by atoms with Crippen LogP contribution in [0.4, 0.5) is 0 Å². The van der Waals surface area contributed by atoms with Crippen molar-refractivity contribution in [2.24, 2.45) is 5.92 Å². The molecular formula is C17H25NO4. The second-order valence-electron chi connectivity index (χ2n) is 5.41. The summed E-state index contributed by atoms with van der Waals surface area (Å²) in [7, 11) is 1.76. The van der Waals surface area contributed by atoms with Crippen LogP contribution in [0.3, 0.4) is 0 Å². The number of hydrogen-bond donors (Lipinski definition) is 1. The zero-order valence-corrected chi connectivity index (χ0v) is 13.3. The lowest BCUT2D eigenvalue weighted by Gasteiger charge is -2.31. The molecule has 0 aliphatic carbocycles. The Morgan fingerprint density at radius 2 is 2.09 bits per heavy atom. The smallest absolute Gasteiger partial charge is 0.338 e. The van der Waals surface area contributed by atoms with Crippen LogP contribution in [0, 0.1) is 5.92 Å². The molecule has 1 aromatic rings. The van der Waals surface area contributed by atoms with E-state index >= 15 is 0 Å². The summed E-state index contributed by atoms with van der Waals surface area (Å²) in [4.78, 5) is 11.6. The van der Waals surface area contributed by atoms with E-state index in [2.05, 4.69) is 5.32 Å². The highest BCUT2D eigenvalue weighted by molar-refractivity contribution is 5.89. The first-order valence-corrected chi connectivity index (χ1v) is 7.88. The van der Waals surface area contributed by atoms with Crippen molar-refractivity contribution < 1.29 is 19.0 Å². The van der Waals surface area contributed by atoms with E-state index in [0.29, 0.717) is 24.7 Å². The van der Waals surface area contributed by atoms with Gasteiger partial charge in [-0.1, -0.05) is 0 Å². The molecule has 1 heterocycles. The van der Waals surface area contributed by atoms with Crippen molar-refractivity contribution in [3.8, 4) is 5.75 Å². The number of carbonyl (C=O) groups excluding carboxylic acids is 1. The van der Waals surface area contributed by atoms with E-state index in [4.69, 9.17) is 14.2 Å². The Kier molecular flexibility index (Phi) is 6.68. The van der Waals surface area contributed by atoms with Crippen LogP contribution in [0.5, 0.6) is 5.75 Å². The summed E-state index contributed by atoms with van der Waals surface area (Å²) in [5.41, 5.74) is 0.548. The van der Waals surface area contributed by atoms with Gasteiger partial charge in [-0.15, -0.1) is 0 Å². The van der Waals surface area contributed by atoms with Crippen molar-refractivity contribution in [2.45, 2.75) is 25.9 Å². The van der Waals surface area contributed by atoms with Crippen LogP contribution in [0.25, 0.3) is 0 Å². The molecule has 1 saturated heterocycles. The van der Waals surface area contributed by atoms with Crippen molar-refractivity contribution in [2.75, 3.05) is 33.4 Å². The molecule has 1 fully saturated rings. The number of esters is 1. The molecule has 122 valence electrons. The number of nitrogens with one attached hydrogen (secondary N) is 1. The van der Waals surface area contributed by atoms with Crippen molar-refractivity contribution in [3.63, 3.8) is 0 Å². The Morgan fingerprint density at radius 3 is 2.77 bits per heavy atom. The van der Waals surface area contributed by atoms with Crippen LogP contribution in [0.15, 0.2) is 24.3 Å². The number of piperidine rings is 1. The molecule has 0 aromatic heterocycles. The average Bonchev–Trinajstić information content (AvgIpc) is 2.56. The minimum absolute atomic E-state index is 0.267. The Morgan fingerprint density at radius 1 is 1.32 bits per heavy atom. The standard InChI is InChI=1S/C17H25NO4/c1-3-21-17(19)14-4-6-15(7-5-14)22-11-9-13-8-10-18-12-16(13)20-2/h4-7,13,16,18H,3,8-12H2,1-2H3. The van der Waals surface area contributed by atoms with E-state index in [0.717, 1.165) is 31.7 Å². The van der Waals surface area contributed by atoms with Crippen LogP contribution in [0.2, 0.25) is 0 Å². The topological polar surface area (TPSA) is 56.8 Å².